The van der Waals surface area contributed by atoms with E-state index in [0.29, 0.717) is 39.0 Å². The zero-order chi connectivity index (χ0) is 23.2. The Labute approximate surface area is 181 Å². The van der Waals surface area contributed by atoms with E-state index in [9.17, 15) is 29.7 Å². The first-order valence-electron chi connectivity index (χ1n) is 10.5. The van der Waals surface area contributed by atoms with E-state index in [-0.39, 0.29) is 18.9 Å². The van der Waals surface area contributed by atoms with Crippen LogP contribution in [0.25, 0.3) is 0 Å². The Morgan fingerprint density at radius 3 is 2.39 bits per heavy atom. The predicted molar refractivity (Wildman–Crippen MR) is 108 cm³/mol. The summed E-state index contributed by atoms with van der Waals surface area (Å²) in [4.78, 5) is 34.3. The van der Waals surface area contributed by atoms with Crippen LogP contribution in [-0.2, 0) is 23.8 Å². The van der Waals surface area contributed by atoms with E-state index in [1.165, 1.54) is 6.92 Å². The Morgan fingerprint density at radius 1 is 1.03 bits per heavy atom. The molecule has 6 N–H and O–H groups in total. The number of rotatable bonds is 13. The zero-order valence-electron chi connectivity index (χ0n) is 18.0. The molecule has 1 aliphatic heterocycles. The fraction of sp³-hybridized carbons (Fsp3) is 0.842. The van der Waals surface area contributed by atoms with E-state index in [4.69, 9.17) is 14.2 Å². The molecule has 5 unspecified atom stereocenters. The van der Waals surface area contributed by atoms with Crippen molar-refractivity contribution >= 4 is 17.9 Å². The van der Waals surface area contributed by atoms with Crippen LogP contribution in [0.3, 0.4) is 0 Å². The van der Waals surface area contributed by atoms with Crippen LogP contribution in [0.15, 0.2) is 0 Å². The molecule has 0 bridgehead atoms. The van der Waals surface area contributed by atoms with Crippen LogP contribution in [0.5, 0.6) is 0 Å². The summed E-state index contributed by atoms with van der Waals surface area (Å²) in [6.07, 6.45) is -3.35. The summed E-state index contributed by atoms with van der Waals surface area (Å²) in [5.74, 6) is -0.551. The molecule has 0 aromatic heterocycles. The lowest BCUT2D eigenvalue weighted by molar-refractivity contribution is -0.270. The number of alkyl carbamates (subject to hydrolysis) is 1. The Hall–Kier alpha value is -1.99. The molecule has 1 aliphatic rings. The topological polar surface area (TPSA) is 176 Å². The van der Waals surface area contributed by atoms with Crippen molar-refractivity contribution < 1.29 is 43.9 Å². The Bertz CT molecular complexity index is 564. The average Bonchev–Trinajstić information content (AvgIpc) is 2.72. The van der Waals surface area contributed by atoms with E-state index < -0.39 is 49.3 Å². The molecule has 1 saturated heterocycles. The van der Waals surface area contributed by atoms with Gasteiger partial charge in [-0.25, -0.2) is 4.79 Å². The third-order valence-corrected chi connectivity index (χ3v) is 4.55. The molecule has 180 valence electrons. The van der Waals surface area contributed by atoms with E-state index in [1.807, 2.05) is 0 Å². The molecule has 0 aliphatic carbocycles. The zero-order valence-corrected chi connectivity index (χ0v) is 18.0. The van der Waals surface area contributed by atoms with Crippen molar-refractivity contribution in [3.05, 3.63) is 0 Å². The number of carbonyl (C=O) groups is 3. The van der Waals surface area contributed by atoms with Gasteiger partial charge in [0.15, 0.2) is 6.29 Å². The third-order valence-electron chi connectivity index (χ3n) is 4.55. The molecule has 5 atom stereocenters. The number of aliphatic hydroxyl groups excluding tert-OH is 3. The van der Waals surface area contributed by atoms with Crippen molar-refractivity contribution in [1.82, 2.24) is 16.0 Å². The highest BCUT2D eigenvalue weighted by Crippen LogP contribution is 2.22. The lowest BCUT2D eigenvalue weighted by atomic mass is 9.97. The summed E-state index contributed by atoms with van der Waals surface area (Å²) in [7, 11) is 0. The normalized spacial score (nSPS) is 25.5. The highest BCUT2D eigenvalue weighted by Gasteiger charge is 2.45. The van der Waals surface area contributed by atoms with E-state index in [1.54, 1.807) is 6.92 Å². The van der Waals surface area contributed by atoms with Crippen LogP contribution in [0, 0.1) is 0 Å². The first kappa shape index (κ1) is 27.0. The van der Waals surface area contributed by atoms with Crippen molar-refractivity contribution in [2.24, 2.45) is 0 Å². The van der Waals surface area contributed by atoms with Gasteiger partial charge in [0, 0.05) is 33.0 Å². The minimum Gasteiger partial charge on any atom is -0.450 e. The molecular formula is C19H35N3O9. The molecular weight excluding hydrogens is 414 g/mol. The number of aliphatic hydroxyl groups is 3. The minimum absolute atomic E-state index is 0.125. The fourth-order valence-electron chi connectivity index (χ4n) is 2.98. The van der Waals surface area contributed by atoms with Crippen molar-refractivity contribution in [2.45, 2.75) is 70.2 Å². The van der Waals surface area contributed by atoms with Gasteiger partial charge in [-0.3, -0.25) is 9.59 Å². The summed E-state index contributed by atoms with van der Waals surface area (Å²) < 4.78 is 15.8. The monoisotopic (exact) mass is 449 g/mol. The molecule has 0 aromatic carbocycles. The first-order chi connectivity index (χ1) is 14.8. The van der Waals surface area contributed by atoms with Gasteiger partial charge in [0.2, 0.25) is 11.8 Å². The summed E-state index contributed by atoms with van der Waals surface area (Å²) in [5, 5.41) is 37.2. The van der Waals surface area contributed by atoms with Gasteiger partial charge in [-0.2, -0.15) is 0 Å². The Kier molecular flexibility index (Phi) is 13.0. The number of ether oxygens (including phenoxy) is 3. The van der Waals surface area contributed by atoms with Gasteiger partial charge in [0.1, 0.15) is 24.4 Å². The minimum atomic E-state index is -1.36. The summed E-state index contributed by atoms with van der Waals surface area (Å²) in [6, 6.07) is -0.984. The maximum absolute atomic E-state index is 11.8. The Balaban J connectivity index is 2.24. The largest absolute Gasteiger partial charge is 0.450 e. The molecule has 0 aromatic rings. The molecule has 12 heteroatoms. The highest BCUT2D eigenvalue weighted by molar-refractivity contribution is 5.75. The van der Waals surface area contributed by atoms with Gasteiger partial charge in [-0.15, -0.1) is 0 Å². The maximum Gasteiger partial charge on any atom is 0.407 e. The van der Waals surface area contributed by atoms with Crippen LogP contribution in [0.4, 0.5) is 4.79 Å². The van der Waals surface area contributed by atoms with Crippen molar-refractivity contribution in [1.29, 1.82) is 0 Å². The SMILES string of the molecule is CCOC(=O)NCCCNC(=O)CCCCOC1OC(CO)C(O)C(O)C1NC(C)=O. The summed E-state index contributed by atoms with van der Waals surface area (Å²) in [5.41, 5.74) is 0. The second kappa shape index (κ2) is 14.9. The number of unbranched alkanes of at least 4 members (excludes halogenated alkanes) is 1. The number of hydrogen-bond donors (Lipinski definition) is 6. The predicted octanol–water partition coefficient (Wildman–Crippen LogP) is -1.63. The number of amides is 3. The number of nitrogens with one attached hydrogen (secondary N) is 3. The average molecular weight is 450 g/mol. The molecule has 0 radical (unpaired) electrons. The van der Waals surface area contributed by atoms with E-state index in [0.717, 1.165) is 0 Å². The van der Waals surface area contributed by atoms with Crippen LogP contribution in [0.2, 0.25) is 0 Å². The number of carbonyl (C=O) groups excluding carboxylic acids is 3. The molecule has 1 fully saturated rings. The molecule has 0 saturated carbocycles. The summed E-state index contributed by atoms with van der Waals surface area (Å²) in [6.45, 7) is 3.79. The fourth-order valence-corrected chi connectivity index (χ4v) is 2.98. The lowest BCUT2D eigenvalue weighted by Gasteiger charge is -2.42. The second-order valence-corrected chi connectivity index (χ2v) is 7.11. The lowest BCUT2D eigenvalue weighted by Crippen LogP contribution is -2.64. The molecule has 1 rings (SSSR count). The third kappa shape index (κ3) is 10.2. The maximum atomic E-state index is 11.8. The smallest absolute Gasteiger partial charge is 0.407 e. The van der Waals surface area contributed by atoms with Gasteiger partial charge < -0.3 is 45.5 Å². The van der Waals surface area contributed by atoms with Crippen molar-refractivity contribution in [2.75, 3.05) is 32.9 Å². The van der Waals surface area contributed by atoms with Gasteiger partial charge in [0.25, 0.3) is 0 Å². The van der Waals surface area contributed by atoms with Gasteiger partial charge in [-0.05, 0) is 26.2 Å². The quantitative estimate of drug-likeness (QED) is 0.180. The highest BCUT2D eigenvalue weighted by atomic mass is 16.7. The standard InChI is InChI=1S/C19H35N3O9/c1-3-29-19(28)21-9-6-8-20-14(25)7-4-5-10-30-18-15(22-12(2)24)17(27)16(26)13(11-23)31-18/h13,15-18,23,26-27H,3-11H2,1-2H3,(H,20,25)(H,21,28)(H,22,24). The molecule has 1 heterocycles. The summed E-state index contributed by atoms with van der Waals surface area (Å²) >= 11 is 0. The van der Waals surface area contributed by atoms with Crippen LogP contribution in [0.1, 0.15) is 39.5 Å². The molecule has 0 spiro atoms. The van der Waals surface area contributed by atoms with E-state index >= 15 is 0 Å². The second-order valence-electron chi connectivity index (χ2n) is 7.11. The first-order valence-corrected chi connectivity index (χ1v) is 10.5. The van der Waals surface area contributed by atoms with Crippen LogP contribution < -0.4 is 16.0 Å². The van der Waals surface area contributed by atoms with Gasteiger partial charge in [-0.1, -0.05) is 0 Å². The van der Waals surface area contributed by atoms with Crippen LogP contribution >= 0.6 is 0 Å². The Morgan fingerprint density at radius 2 is 1.74 bits per heavy atom. The molecule has 3 amide bonds. The van der Waals surface area contributed by atoms with Crippen molar-refractivity contribution in [3.63, 3.8) is 0 Å². The van der Waals surface area contributed by atoms with Crippen LogP contribution in [-0.4, -0.2) is 96.8 Å². The van der Waals surface area contributed by atoms with Crippen molar-refractivity contribution in [3.8, 4) is 0 Å². The van der Waals surface area contributed by atoms with E-state index in [2.05, 4.69) is 16.0 Å². The number of hydrogen-bond acceptors (Lipinski definition) is 9. The van der Waals surface area contributed by atoms with Gasteiger partial charge >= 0.3 is 6.09 Å². The molecule has 12 nitrogen and oxygen atoms in total. The van der Waals surface area contributed by atoms with Gasteiger partial charge in [0.05, 0.1) is 13.2 Å². The molecule has 31 heavy (non-hydrogen) atoms.